The Morgan fingerprint density at radius 3 is 2.74 bits per heavy atom. The molecule has 2 atom stereocenters. The molecule has 0 radical (unpaired) electrons. The fourth-order valence-corrected chi connectivity index (χ4v) is 1.56. The maximum absolute atomic E-state index is 11.8. The van der Waals surface area contributed by atoms with Gasteiger partial charge in [-0.25, -0.2) is 4.79 Å². The van der Waals surface area contributed by atoms with E-state index in [1.54, 1.807) is 18.2 Å². The number of benzene rings is 1. The number of aliphatic hydroxyl groups excluding tert-OH is 1. The van der Waals surface area contributed by atoms with Crippen LogP contribution in [0.25, 0.3) is 0 Å². The highest BCUT2D eigenvalue weighted by atomic mass is 35.5. The van der Waals surface area contributed by atoms with Gasteiger partial charge in [0.1, 0.15) is 5.75 Å². The maximum Gasteiger partial charge on any atom is 0.319 e. The van der Waals surface area contributed by atoms with E-state index < -0.39 is 0 Å². The van der Waals surface area contributed by atoms with Gasteiger partial charge >= 0.3 is 6.03 Å². The molecule has 0 saturated heterocycles. The van der Waals surface area contributed by atoms with Gasteiger partial charge in [-0.15, -0.1) is 0 Å². The van der Waals surface area contributed by atoms with E-state index in [-0.39, 0.29) is 24.6 Å². The van der Waals surface area contributed by atoms with Crippen molar-refractivity contribution in [3.05, 3.63) is 23.2 Å². The number of hydrogen-bond donors (Lipinski definition) is 3. The zero-order valence-corrected chi connectivity index (χ0v) is 12.0. The third-order valence-electron chi connectivity index (χ3n) is 2.92. The van der Waals surface area contributed by atoms with Gasteiger partial charge in [-0.1, -0.05) is 18.5 Å². The summed E-state index contributed by atoms with van der Waals surface area (Å²) < 4.78 is 5.06. The van der Waals surface area contributed by atoms with E-state index in [1.807, 2.05) is 13.8 Å². The Morgan fingerprint density at radius 2 is 2.16 bits per heavy atom. The Balaban J connectivity index is 2.66. The van der Waals surface area contributed by atoms with E-state index in [1.165, 1.54) is 7.11 Å². The molecule has 2 amide bonds. The van der Waals surface area contributed by atoms with Gasteiger partial charge < -0.3 is 20.5 Å². The van der Waals surface area contributed by atoms with Gasteiger partial charge in [-0.2, -0.15) is 0 Å². The van der Waals surface area contributed by atoms with Gasteiger partial charge in [0.25, 0.3) is 0 Å². The normalized spacial score (nSPS) is 13.5. The first-order chi connectivity index (χ1) is 8.97. The second-order valence-corrected chi connectivity index (χ2v) is 4.80. The lowest BCUT2D eigenvalue weighted by Crippen LogP contribution is -2.40. The van der Waals surface area contributed by atoms with Gasteiger partial charge in [-0.3, -0.25) is 0 Å². The first-order valence-corrected chi connectivity index (χ1v) is 6.37. The Labute approximate surface area is 117 Å². The molecule has 0 fully saturated rings. The molecule has 1 aromatic rings. The predicted octanol–water partition coefficient (Wildman–Crippen LogP) is 2.49. The van der Waals surface area contributed by atoms with Crippen molar-refractivity contribution < 1.29 is 14.6 Å². The summed E-state index contributed by atoms with van der Waals surface area (Å²) in [6.07, 6.45) is 0. The first-order valence-electron chi connectivity index (χ1n) is 5.99. The van der Waals surface area contributed by atoms with E-state index >= 15 is 0 Å². The molecule has 3 N–H and O–H groups in total. The van der Waals surface area contributed by atoms with Crippen molar-refractivity contribution in [2.24, 2.45) is 5.92 Å². The second kappa shape index (κ2) is 7.21. The van der Waals surface area contributed by atoms with Crippen LogP contribution in [0.2, 0.25) is 5.02 Å². The Kier molecular flexibility index (Phi) is 5.92. The molecular weight excluding hydrogens is 268 g/mol. The van der Waals surface area contributed by atoms with Crippen molar-refractivity contribution in [3.8, 4) is 5.75 Å². The van der Waals surface area contributed by atoms with Crippen LogP contribution in [0.1, 0.15) is 13.8 Å². The standard InChI is InChI=1S/C13H19ClN2O3/c1-8(7-17)9(2)15-13(18)16-12-6-10(19-3)4-5-11(12)14/h4-6,8-9,17H,7H2,1-3H3,(H2,15,16,18). The van der Waals surface area contributed by atoms with Crippen molar-refractivity contribution in [1.82, 2.24) is 5.32 Å². The van der Waals surface area contributed by atoms with Crippen LogP contribution >= 0.6 is 11.6 Å². The van der Waals surface area contributed by atoms with Crippen LogP contribution in [0.5, 0.6) is 5.75 Å². The molecular formula is C13H19ClN2O3. The Bertz CT molecular complexity index is 440. The molecule has 0 spiro atoms. The van der Waals surface area contributed by atoms with Crippen molar-refractivity contribution >= 4 is 23.3 Å². The largest absolute Gasteiger partial charge is 0.497 e. The van der Waals surface area contributed by atoms with Crippen LogP contribution < -0.4 is 15.4 Å². The van der Waals surface area contributed by atoms with Crippen LogP contribution in [0.3, 0.4) is 0 Å². The van der Waals surface area contributed by atoms with E-state index in [0.717, 1.165) is 0 Å². The van der Waals surface area contributed by atoms with Gasteiger partial charge in [0, 0.05) is 18.7 Å². The topological polar surface area (TPSA) is 70.6 Å². The summed E-state index contributed by atoms with van der Waals surface area (Å²) in [6, 6.07) is 4.48. The number of methoxy groups -OCH3 is 1. The van der Waals surface area contributed by atoms with Crippen LogP contribution in [0, 0.1) is 5.92 Å². The van der Waals surface area contributed by atoms with Gasteiger partial charge in [0.2, 0.25) is 0 Å². The van der Waals surface area contributed by atoms with Crippen molar-refractivity contribution in [2.75, 3.05) is 19.0 Å². The predicted molar refractivity (Wildman–Crippen MR) is 75.9 cm³/mol. The third kappa shape index (κ3) is 4.61. The highest BCUT2D eigenvalue weighted by Crippen LogP contribution is 2.26. The number of halogens is 1. The lowest BCUT2D eigenvalue weighted by atomic mass is 10.1. The molecule has 0 bridgehead atoms. The molecule has 106 valence electrons. The molecule has 0 aliphatic rings. The molecule has 19 heavy (non-hydrogen) atoms. The summed E-state index contributed by atoms with van der Waals surface area (Å²) >= 11 is 5.99. The number of amides is 2. The van der Waals surface area contributed by atoms with Gasteiger partial charge in [-0.05, 0) is 25.0 Å². The SMILES string of the molecule is COc1ccc(Cl)c(NC(=O)NC(C)C(C)CO)c1. The average molecular weight is 287 g/mol. The van der Waals surface area contributed by atoms with E-state index in [0.29, 0.717) is 16.5 Å². The molecule has 0 aromatic heterocycles. The minimum absolute atomic E-state index is 0.0152. The molecule has 0 aliphatic heterocycles. The number of anilines is 1. The maximum atomic E-state index is 11.8. The first kappa shape index (κ1) is 15.6. The Hall–Kier alpha value is -1.46. The summed E-state index contributed by atoms with van der Waals surface area (Å²) in [7, 11) is 1.54. The van der Waals surface area contributed by atoms with Crippen molar-refractivity contribution in [1.29, 1.82) is 0 Å². The van der Waals surface area contributed by atoms with Gasteiger partial charge in [0.15, 0.2) is 0 Å². The molecule has 0 saturated carbocycles. The van der Waals surface area contributed by atoms with Crippen molar-refractivity contribution in [3.63, 3.8) is 0 Å². The Morgan fingerprint density at radius 1 is 1.47 bits per heavy atom. The van der Waals surface area contributed by atoms with E-state index in [9.17, 15) is 4.79 Å². The molecule has 2 unspecified atom stereocenters. The fourth-order valence-electron chi connectivity index (χ4n) is 1.39. The number of hydrogen-bond acceptors (Lipinski definition) is 3. The number of rotatable bonds is 5. The number of carbonyl (C=O) groups is 1. The zero-order valence-electron chi connectivity index (χ0n) is 11.2. The summed E-state index contributed by atoms with van der Waals surface area (Å²) in [5.41, 5.74) is 0.474. The van der Waals surface area contributed by atoms with E-state index in [4.69, 9.17) is 21.4 Å². The second-order valence-electron chi connectivity index (χ2n) is 4.39. The monoisotopic (exact) mass is 286 g/mol. The molecule has 6 heteroatoms. The lowest BCUT2D eigenvalue weighted by Gasteiger charge is -2.19. The molecule has 0 heterocycles. The quantitative estimate of drug-likeness (QED) is 0.779. The summed E-state index contributed by atoms with van der Waals surface area (Å²) in [4.78, 5) is 11.8. The number of carbonyl (C=O) groups excluding carboxylic acids is 1. The molecule has 5 nitrogen and oxygen atoms in total. The molecule has 1 rings (SSSR count). The number of aliphatic hydroxyl groups is 1. The third-order valence-corrected chi connectivity index (χ3v) is 3.25. The summed E-state index contributed by atoms with van der Waals surface area (Å²) in [6.45, 7) is 3.69. The number of nitrogens with one attached hydrogen (secondary N) is 2. The number of ether oxygens (including phenoxy) is 1. The summed E-state index contributed by atoms with van der Waals surface area (Å²) in [5, 5.41) is 14.8. The zero-order chi connectivity index (χ0) is 14.4. The van der Waals surface area contributed by atoms with Gasteiger partial charge in [0.05, 0.1) is 17.8 Å². The van der Waals surface area contributed by atoms with Crippen molar-refractivity contribution in [2.45, 2.75) is 19.9 Å². The van der Waals surface area contributed by atoms with E-state index in [2.05, 4.69) is 10.6 Å². The van der Waals surface area contributed by atoms with Crippen LogP contribution in [0.15, 0.2) is 18.2 Å². The van der Waals surface area contributed by atoms with Crippen LogP contribution in [-0.4, -0.2) is 30.9 Å². The molecule has 1 aromatic carbocycles. The summed E-state index contributed by atoms with van der Waals surface area (Å²) in [5.74, 6) is 0.586. The van der Waals surface area contributed by atoms with Crippen LogP contribution in [-0.2, 0) is 0 Å². The fraction of sp³-hybridized carbons (Fsp3) is 0.462. The minimum Gasteiger partial charge on any atom is -0.497 e. The molecule has 0 aliphatic carbocycles. The lowest BCUT2D eigenvalue weighted by molar-refractivity contribution is 0.204. The minimum atomic E-state index is -0.372. The highest BCUT2D eigenvalue weighted by molar-refractivity contribution is 6.33. The number of urea groups is 1. The highest BCUT2D eigenvalue weighted by Gasteiger charge is 2.14. The smallest absolute Gasteiger partial charge is 0.319 e. The van der Waals surface area contributed by atoms with Crippen LogP contribution in [0.4, 0.5) is 10.5 Å². The average Bonchev–Trinajstić information content (AvgIpc) is 2.40.